The number of aliphatic hydroxyl groups is 2. The Hall–Kier alpha value is -2.44. The summed E-state index contributed by atoms with van der Waals surface area (Å²) in [7, 11) is 66.7. The fourth-order valence-electron chi connectivity index (χ4n) is 5.39. The lowest BCUT2D eigenvalue weighted by molar-refractivity contribution is -0.220. The number of amides is 2. The first kappa shape index (κ1) is 37.4. The summed E-state index contributed by atoms with van der Waals surface area (Å²) in [4.78, 5) is 39.0. The first-order valence-electron chi connectivity index (χ1n) is 13.9. The number of benzene rings is 2. The maximum atomic E-state index is 12.9. The largest absolute Gasteiger partial charge is 0.403 e. The van der Waals surface area contributed by atoms with Crippen LogP contribution in [0.15, 0.2) is 42.5 Å². The smallest absolute Gasteiger partial charge is 0.273 e. The molecule has 2 heterocycles. The number of morpholine rings is 1. The van der Waals surface area contributed by atoms with Crippen LogP contribution in [0.3, 0.4) is 0 Å². The number of likely N-dealkylation sites (N-methyl/N-ethyl adjacent to an activating group) is 1. The van der Waals surface area contributed by atoms with Crippen LogP contribution >= 0.6 is 0 Å². The van der Waals surface area contributed by atoms with Gasteiger partial charge >= 0.3 is 0 Å². The van der Waals surface area contributed by atoms with E-state index in [1.165, 1.54) is 13.1 Å². The fraction of sp³-hybridized carbons (Fsp3) is 0.423. The van der Waals surface area contributed by atoms with E-state index in [1.54, 1.807) is 36.4 Å². The molecule has 2 aliphatic heterocycles. The summed E-state index contributed by atoms with van der Waals surface area (Å²) in [6.45, 7) is -0.278. The Morgan fingerprint density at radius 2 is 1.45 bits per heavy atom. The highest BCUT2D eigenvalue weighted by atomic mass is 16.5. The zero-order chi connectivity index (χ0) is 35.6. The van der Waals surface area contributed by atoms with Crippen LogP contribution in [0.5, 0.6) is 0 Å². The highest BCUT2D eigenvalue weighted by molar-refractivity contribution is 6.64. The van der Waals surface area contributed by atoms with E-state index >= 15 is 0 Å². The molecule has 214 valence electrons. The van der Waals surface area contributed by atoms with Gasteiger partial charge in [0, 0.05) is 36.3 Å². The van der Waals surface area contributed by atoms with E-state index in [-0.39, 0.29) is 25.2 Å². The minimum atomic E-state index is -2.78. The number of anilines is 1. The summed E-state index contributed by atoms with van der Waals surface area (Å²) < 4.78 is 5.11. The van der Waals surface area contributed by atoms with Crippen LogP contribution in [-0.4, -0.2) is 159 Å². The second kappa shape index (κ2) is 12.2. The highest BCUT2D eigenvalue weighted by Crippen LogP contribution is 2.54. The molecule has 21 heteroatoms. The molecule has 0 saturated carbocycles. The van der Waals surface area contributed by atoms with E-state index < -0.39 is 49.7 Å². The average molecular weight is 604 g/mol. The van der Waals surface area contributed by atoms with Crippen molar-refractivity contribution in [3.63, 3.8) is 0 Å². The summed E-state index contributed by atoms with van der Waals surface area (Å²) in [6.07, 6.45) is 0.583. The third kappa shape index (κ3) is 5.94. The van der Waals surface area contributed by atoms with Gasteiger partial charge in [0.1, 0.15) is 29.8 Å². The van der Waals surface area contributed by atoms with E-state index in [0.717, 1.165) is 15.4 Å². The molecule has 2 fully saturated rings. The Balaban J connectivity index is 1.55. The SMILES string of the molecule is [B]C1([B])OC([B])([B])C([B])(O)N(Cc2ccc(CNc3cccc(C=O)c3CN(C)C3(O)C(=O)NC(=O)C([B])([B])C3([B])[B])cc2)C1([B])[B]. The van der Waals surface area contributed by atoms with Gasteiger partial charge in [-0.3, -0.25) is 29.5 Å². The van der Waals surface area contributed by atoms with E-state index in [1.807, 2.05) is 5.32 Å². The van der Waals surface area contributed by atoms with Gasteiger partial charge in [0.25, 0.3) is 5.91 Å². The molecule has 2 aliphatic rings. The fourth-order valence-corrected chi connectivity index (χ4v) is 5.39. The lowest BCUT2D eigenvalue weighted by atomic mass is 9.25. The number of nitrogens with zero attached hydrogens (tertiary/aromatic N) is 2. The van der Waals surface area contributed by atoms with Gasteiger partial charge in [0.05, 0.1) is 68.4 Å². The topological polar surface area (TPSA) is 131 Å². The molecule has 4 rings (SSSR count). The number of piperidine rings is 1. The van der Waals surface area contributed by atoms with Crippen LogP contribution in [0.25, 0.3) is 0 Å². The molecular weight excluding hydrogens is 583 g/mol. The monoisotopic (exact) mass is 606 g/mol. The van der Waals surface area contributed by atoms with Gasteiger partial charge < -0.3 is 20.3 Å². The number of ether oxygens (including phenoxy) is 1. The molecule has 2 saturated heterocycles. The van der Waals surface area contributed by atoms with Crippen molar-refractivity contribution < 1.29 is 29.3 Å². The van der Waals surface area contributed by atoms with E-state index in [0.29, 0.717) is 23.1 Å². The van der Waals surface area contributed by atoms with E-state index in [4.69, 9.17) is 91.0 Å². The number of rotatable bonds is 9. The molecule has 2 atom stereocenters. The van der Waals surface area contributed by atoms with E-state index in [9.17, 15) is 24.6 Å². The molecule has 2 amide bonds. The normalized spacial score (nSPS) is 27.5. The maximum Gasteiger partial charge on any atom is 0.273 e. The molecule has 22 radical (unpaired) electrons. The first-order chi connectivity index (χ1) is 21.4. The molecule has 47 heavy (non-hydrogen) atoms. The van der Waals surface area contributed by atoms with Crippen molar-refractivity contribution in [2.45, 2.75) is 57.5 Å². The van der Waals surface area contributed by atoms with Gasteiger partial charge in [-0.1, -0.05) is 41.6 Å². The van der Waals surface area contributed by atoms with Crippen molar-refractivity contribution in [2.24, 2.45) is 0 Å². The molecule has 0 bridgehead atoms. The Bertz CT molecular complexity index is 1550. The lowest BCUT2D eigenvalue weighted by Crippen LogP contribution is -2.85. The van der Waals surface area contributed by atoms with Gasteiger partial charge in [0.15, 0.2) is 5.72 Å². The average Bonchev–Trinajstić information content (AvgIpc) is 2.96. The van der Waals surface area contributed by atoms with Crippen molar-refractivity contribution in [1.82, 2.24) is 15.1 Å². The standard InChI is InChI=1S/C26H21B11N4O6/c1-40(21(45)19(44)39-18(43)20(27,28)22(21,29)30)11-16-15(12-42)3-2-4-17(16)38-9-13-5-7-14(8-6-13)10-41-23(31,32)24(33,34)47-25(35,36)26(41,37)46/h2-8,12,38,45-46H,9-11H2,1H3,(H,39,43,44). The number of hydrogen-bond donors (Lipinski definition) is 4. The number of carbonyl (C=O) groups is 3. The van der Waals surface area contributed by atoms with Crippen molar-refractivity contribution in [3.05, 3.63) is 64.7 Å². The van der Waals surface area contributed by atoms with Crippen LogP contribution in [0, 0.1) is 0 Å². The summed E-state index contributed by atoms with van der Waals surface area (Å²) in [6, 6.07) is 11.6. The number of carbonyl (C=O) groups excluding carboxylic acids is 3. The molecule has 0 aliphatic carbocycles. The highest BCUT2D eigenvalue weighted by Gasteiger charge is 2.63. The van der Waals surface area contributed by atoms with Gasteiger partial charge in [0.2, 0.25) is 5.91 Å². The molecule has 2 unspecified atom stereocenters. The molecule has 0 aromatic heterocycles. The van der Waals surface area contributed by atoms with Crippen molar-refractivity contribution in [1.29, 1.82) is 0 Å². The Kier molecular flexibility index (Phi) is 9.67. The van der Waals surface area contributed by atoms with Crippen LogP contribution < -0.4 is 10.6 Å². The second-order valence-electron chi connectivity index (χ2n) is 12.0. The lowest BCUT2D eigenvalue weighted by Gasteiger charge is -2.68. The van der Waals surface area contributed by atoms with Crippen LogP contribution in [0.4, 0.5) is 5.69 Å². The van der Waals surface area contributed by atoms with Gasteiger partial charge in [-0.25, -0.2) is 0 Å². The maximum absolute atomic E-state index is 12.9. The second-order valence-corrected chi connectivity index (χ2v) is 12.0. The zero-order valence-electron chi connectivity index (χ0n) is 25.5. The number of imide groups is 1. The Morgan fingerprint density at radius 1 is 0.872 bits per heavy atom. The summed E-state index contributed by atoms with van der Waals surface area (Å²) >= 11 is 0. The number of aldehydes is 1. The predicted octanol–water partition coefficient (Wildman–Crippen LogP) is -4.59. The number of nitrogens with one attached hydrogen (secondary N) is 2. The van der Waals surface area contributed by atoms with Crippen molar-refractivity contribution in [3.8, 4) is 0 Å². The van der Waals surface area contributed by atoms with Crippen molar-refractivity contribution >= 4 is 110 Å². The van der Waals surface area contributed by atoms with Crippen LogP contribution in [-0.2, 0) is 34.0 Å². The Labute approximate surface area is 288 Å². The summed E-state index contributed by atoms with van der Waals surface area (Å²) in [5, 5.41) is 15.3. The third-order valence-electron chi connectivity index (χ3n) is 8.71. The van der Waals surface area contributed by atoms with Crippen molar-refractivity contribution in [2.75, 3.05) is 12.4 Å². The molecule has 10 nitrogen and oxygen atoms in total. The van der Waals surface area contributed by atoms with Crippen LogP contribution in [0.2, 0.25) is 10.4 Å². The zero-order valence-corrected chi connectivity index (χ0v) is 25.5. The summed E-state index contributed by atoms with van der Waals surface area (Å²) in [5.74, 6) is -2.43. The summed E-state index contributed by atoms with van der Waals surface area (Å²) in [5.41, 5.74) is -3.12. The quantitative estimate of drug-likeness (QED) is 0.0968. The first-order valence-corrected chi connectivity index (χ1v) is 13.9. The molecular formula is C26H21B11N4O6. The van der Waals surface area contributed by atoms with Crippen LogP contribution in [0.1, 0.15) is 27.0 Å². The molecule has 4 N–H and O–H groups in total. The molecule has 0 spiro atoms. The third-order valence-corrected chi connectivity index (χ3v) is 8.71. The number of hydrogen-bond acceptors (Lipinski definition) is 9. The predicted molar refractivity (Wildman–Crippen MR) is 184 cm³/mol. The van der Waals surface area contributed by atoms with Gasteiger partial charge in [-0.05, 0) is 45.8 Å². The van der Waals surface area contributed by atoms with Gasteiger partial charge in [-0.15, -0.1) is 0 Å². The Morgan fingerprint density at radius 3 is 2.02 bits per heavy atom. The minimum Gasteiger partial charge on any atom is -0.403 e. The molecule has 2 aromatic carbocycles. The minimum absolute atomic E-state index is 0.207. The van der Waals surface area contributed by atoms with Gasteiger partial charge in [-0.2, -0.15) is 0 Å². The molecule has 2 aromatic rings. The van der Waals surface area contributed by atoms with E-state index in [2.05, 4.69) is 5.32 Å².